The SMILES string of the molecule is CCCC(C)(N)C(=O)Nc1ccccc1I. The van der Waals surface area contributed by atoms with Crippen molar-refractivity contribution >= 4 is 34.2 Å². The number of amides is 1. The molecule has 16 heavy (non-hydrogen) atoms. The maximum absolute atomic E-state index is 11.9. The first-order chi connectivity index (χ1) is 7.47. The summed E-state index contributed by atoms with van der Waals surface area (Å²) in [6.45, 7) is 3.78. The van der Waals surface area contributed by atoms with Gasteiger partial charge in [0.25, 0.3) is 0 Å². The van der Waals surface area contributed by atoms with Gasteiger partial charge in [0.15, 0.2) is 0 Å². The van der Waals surface area contributed by atoms with Crippen LogP contribution in [0.1, 0.15) is 26.7 Å². The summed E-state index contributed by atoms with van der Waals surface area (Å²) in [5, 5.41) is 2.86. The molecule has 3 N–H and O–H groups in total. The minimum absolute atomic E-state index is 0.126. The molecule has 0 saturated heterocycles. The smallest absolute Gasteiger partial charge is 0.244 e. The third-order valence-corrected chi connectivity index (χ3v) is 3.35. The Morgan fingerprint density at radius 1 is 1.50 bits per heavy atom. The van der Waals surface area contributed by atoms with Crippen molar-refractivity contribution in [2.45, 2.75) is 32.2 Å². The lowest BCUT2D eigenvalue weighted by molar-refractivity contribution is -0.120. The third kappa shape index (κ3) is 3.45. The van der Waals surface area contributed by atoms with Gasteiger partial charge in [-0.15, -0.1) is 0 Å². The number of nitrogens with one attached hydrogen (secondary N) is 1. The van der Waals surface area contributed by atoms with Crippen LogP contribution in [0.2, 0.25) is 0 Å². The van der Waals surface area contributed by atoms with E-state index in [9.17, 15) is 4.79 Å². The molecular weight excluding hydrogens is 315 g/mol. The van der Waals surface area contributed by atoms with Crippen molar-refractivity contribution in [2.24, 2.45) is 5.73 Å². The van der Waals surface area contributed by atoms with Gasteiger partial charge in [-0.3, -0.25) is 4.79 Å². The van der Waals surface area contributed by atoms with Gasteiger partial charge >= 0.3 is 0 Å². The first-order valence-electron chi connectivity index (χ1n) is 5.32. The molecule has 0 aliphatic carbocycles. The highest BCUT2D eigenvalue weighted by molar-refractivity contribution is 14.1. The van der Waals surface area contributed by atoms with E-state index in [1.54, 1.807) is 6.92 Å². The van der Waals surface area contributed by atoms with Crippen molar-refractivity contribution in [1.82, 2.24) is 0 Å². The Morgan fingerprint density at radius 2 is 2.12 bits per heavy atom. The van der Waals surface area contributed by atoms with Crippen LogP contribution in [0.25, 0.3) is 0 Å². The number of hydrogen-bond donors (Lipinski definition) is 2. The summed E-state index contributed by atoms with van der Waals surface area (Å²) in [6, 6.07) is 7.65. The Kier molecular flexibility index (Phi) is 4.73. The van der Waals surface area contributed by atoms with E-state index in [1.165, 1.54) is 0 Å². The molecule has 1 rings (SSSR count). The van der Waals surface area contributed by atoms with Crippen LogP contribution in [0.4, 0.5) is 5.69 Å². The Balaban J connectivity index is 2.75. The van der Waals surface area contributed by atoms with Crippen molar-refractivity contribution in [3.05, 3.63) is 27.8 Å². The van der Waals surface area contributed by atoms with Crippen LogP contribution in [-0.2, 0) is 4.79 Å². The Morgan fingerprint density at radius 3 is 2.69 bits per heavy atom. The number of anilines is 1. The molecule has 1 aromatic rings. The number of carbonyl (C=O) groups is 1. The number of hydrogen-bond acceptors (Lipinski definition) is 2. The van der Waals surface area contributed by atoms with Gasteiger partial charge in [-0.1, -0.05) is 25.5 Å². The number of benzene rings is 1. The third-order valence-electron chi connectivity index (χ3n) is 2.41. The molecule has 0 saturated carbocycles. The van der Waals surface area contributed by atoms with Gasteiger partial charge in [-0.05, 0) is 48.1 Å². The van der Waals surface area contributed by atoms with E-state index >= 15 is 0 Å². The monoisotopic (exact) mass is 332 g/mol. The number of para-hydroxylation sites is 1. The lowest BCUT2D eigenvalue weighted by atomic mass is 9.96. The van der Waals surface area contributed by atoms with Gasteiger partial charge < -0.3 is 11.1 Å². The second kappa shape index (κ2) is 5.63. The maximum Gasteiger partial charge on any atom is 0.244 e. The summed E-state index contributed by atoms with van der Waals surface area (Å²) in [7, 11) is 0. The van der Waals surface area contributed by atoms with Gasteiger partial charge in [0, 0.05) is 3.57 Å². The molecule has 1 amide bonds. The minimum Gasteiger partial charge on any atom is -0.324 e. The molecule has 0 heterocycles. The summed E-state index contributed by atoms with van der Waals surface area (Å²) in [4.78, 5) is 11.9. The molecule has 0 bridgehead atoms. The van der Waals surface area contributed by atoms with Crippen molar-refractivity contribution in [1.29, 1.82) is 0 Å². The quantitative estimate of drug-likeness (QED) is 0.833. The summed E-state index contributed by atoms with van der Waals surface area (Å²) in [6.07, 6.45) is 1.58. The summed E-state index contributed by atoms with van der Waals surface area (Å²) < 4.78 is 1.01. The highest BCUT2D eigenvalue weighted by atomic mass is 127. The van der Waals surface area contributed by atoms with Gasteiger partial charge in [0.05, 0.1) is 11.2 Å². The molecule has 1 aromatic carbocycles. The van der Waals surface area contributed by atoms with Crippen LogP contribution in [0, 0.1) is 3.57 Å². The molecule has 0 spiro atoms. The van der Waals surface area contributed by atoms with E-state index in [4.69, 9.17) is 5.73 Å². The number of rotatable bonds is 4. The van der Waals surface area contributed by atoms with Gasteiger partial charge in [-0.2, -0.15) is 0 Å². The summed E-state index contributed by atoms with van der Waals surface area (Å²) in [5.41, 5.74) is 5.98. The van der Waals surface area contributed by atoms with E-state index < -0.39 is 5.54 Å². The van der Waals surface area contributed by atoms with Crippen molar-refractivity contribution in [3.8, 4) is 0 Å². The normalized spacial score (nSPS) is 14.2. The zero-order valence-electron chi connectivity index (χ0n) is 9.59. The zero-order valence-corrected chi connectivity index (χ0v) is 11.7. The van der Waals surface area contributed by atoms with Crippen LogP contribution >= 0.6 is 22.6 Å². The maximum atomic E-state index is 11.9. The fourth-order valence-electron chi connectivity index (χ4n) is 1.46. The largest absolute Gasteiger partial charge is 0.324 e. The van der Waals surface area contributed by atoms with Crippen LogP contribution in [0.3, 0.4) is 0 Å². The Bertz CT molecular complexity index is 377. The lowest BCUT2D eigenvalue weighted by Crippen LogP contribution is -2.48. The van der Waals surface area contributed by atoms with E-state index in [-0.39, 0.29) is 5.91 Å². The number of nitrogens with two attached hydrogens (primary N) is 1. The molecule has 0 aromatic heterocycles. The zero-order chi connectivity index (χ0) is 12.2. The summed E-state index contributed by atoms with van der Waals surface area (Å²) >= 11 is 2.19. The minimum atomic E-state index is -0.798. The van der Waals surface area contributed by atoms with E-state index in [0.717, 1.165) is 15.7 Å². The molecule has 0 radical (unpaired) electrons. The molecule has 1 unspecified atom stereocenters. The standard InChI is InChI=1S/C12H17IN2O/c1-3-8-12(2,14)11(16)15-10-7-5-4-6-9(10)13/h4-7H,3,8,14H2,1-2H3,(H,15,16). The first-order valence-corrected chi connectivity index (χ1v) is 6.40. The first kappa shape index (κ1) is 13.4. The average molecular weight is 332 g/mol. The van der Waals surface area contributed by atoms with Gasteiger partial charge in [0.1, 0.15) is 0 Å². The molecule has 88 valence electrons. The number of halogens is 1. The summed E-state index contributed by atoms with van der Waals surface area (Å²) in [5.74, 6) is -0.126. The van der Waals surface area contributed by atoms with Gasteiger partial charge in [-0.25, -0.2) is 0 Å². The fourth-order valence-corrected chi connectivity index (χ4v) is 1.98. The van der Waals surface area contributed by atoms with Crippen LogP contribution in [0.15, 0.2) is 24.3 Å². The van der Waals surface area contributed by atoms with E-state index in [2.05, 4.69) is 27.9 Å². The second-order valence-electron chi connectivity index (χ2n) is 4.10. The molecular formula is C12H17IN2O. The highest BCUT2D eigenvalue weighted by Gasteiger charge is 2.27. The predicted molar refractivity (Wildman–Crippen MR) is 75.3 cm³/mol. The fraction of sp³-hybridized carbons (Fsp3) is 0.417. The average Bonchev–Trinajstić information content (AvgIpc) is 2.21. The van der Waals surface area contributed by atoms with Crippen molar-refractivity contribution in [2.75, 3.05) is 5.32 Å². The number of carbonyl (C=O) groups excluding carboxylic acids is 1. The van der Waals surface area contributed by atoms with Gasteiger partial charge in [0.2, 0.25) is 5.91 Å². The molecule has 0 aliphatic rings. The molecule has 3 nitrogen and oxygen atoms in total. The topological polar surface area (TPSA) is 55.1 Å². The van der Waals surface area contributed by atoms with E-state index in [0.29, 0.717) is 6.42 Å². The Hall–Kier alpha value is -0.620. The predicted octanol–water partition coefficient (Wildman–Crippen LogP) is 2.75. The molecule has 4 heteroatoms. The van der Waals surface area contributed by atoms with E-state index in [1.807, 2.05) is 31.2 Å². The van der Waals surface area contributed by atoms with Crippen molar-refractivity contribution in [3.63, 3.8) is 0 Å². The van der Waals surface area contributed by atoms with Crippen LogP contribution in [-0.4, -0.2) is 11.4 Å². The lowest BCUT2D eigenvalue weighted by Gasteiger charge is -2.23. The molecule has 0 aliphatic heterocycles. The second-order valence-corrected chi connectivity index (χ2v) is 5.26. The van der Waals surface area contributed by atoms with Crippen molar-refractivity contribution < 1.29 is 4.79 Å². The van der Waals surface area contributed by atoms with Crippen LogP contribution in [0.5, 0.6) is 0 Å². The van der Waals surface area contributed by atoms with Crippen LogP contribution < -0.4 is 11.1 Å². The highest BCUT2D eigenvalue weighted by Crippen LogP contribution is 2.19. The Labute approximate surface area is 110 Å². The molecule has 0 fully saturated rings. The molecule has 1 atom stereocenters.